The zero-order valence-electron chi connectivity index (χ0n) is 12.3. The maximum absolute atomic E-state index is 11.8. The van der Waals surface area contributed by atoms with Crippen molar-refractivity contribution in [1.82, 2.24) is 9.55 Å². The van der Waals surface area contributed by atoms with Crippen LogP contribution in [-0.2, 0) is 14.0 Å². The van der Waals surface area contributed by atoms with E-state index in [-0.39, 0.29) is 0 Å². The van der Waals surface area contributed by atoms with Crippen LogP contribution >= 0.6 is 7.60 Å². The van der Waals surface area contributed by atoms with Crippen molar-refractivity contribution in [2.75, 3.05) is 6.16 Å². The summed E-state index contributed by atoms with van der Waals surface area (Å²) in [5, 5.41) is 0. The van der Waals surface area contributed by atoms with E-state index < -0.39 is 43.6 Å². The smallest absolute Gasteiger partial charge is 0.330 e. The zero-order valence-corrected chi connectivity index (χ0v) is 13.2. The van der Waals surface area contributed by atoms with Crippen molar-refractivity contribution in [2.45, 2.75) is 45.3 Å². The van der Waals surface area contributed by atoms with E-state index in [0.717, 1.165) is 0 Å². The Morgan fingerprint density at radius 2 is 2.18 bits per heavy atom. The van der Waals surface area contributed by atoms with Crippen molar-refractivity contribution >= 4 is 7.60 Å². The van der Waals surface area contributed by atoms with E-state index in [1.807, 2.05) is 0 Å². The molecule has 3 atom stereocenters. The van der Waals surface area contributed by atoms with Crippen molar-refractivity contribution in [3.8, 4) is 0 Å². The van der Waals surface area contributed by atoms with Gasteiger partial charge >= 0.3 is 13.3 Å². The molecular weight excluding hydrogens is 315 g/mol. The predicted molar refractivity (Wildman–Crippen MR) is 76.7 cm³/mol. The summed E-state index contributed by atoms with van der Waals surface area (Å²) in [4.78, 5) is 43.1. The second-order valence-electron chi connectivity index (χ2n) is 5.37. The van der Waals surface area contributed by atoms with Crippen LogP contribution in [0.2, 0.25) is 0 Å². The van der Waals surface area contributed by atoms with Gasteiger partial charge in [0, 0.05) is 18.2 Å². The molecule has 9 nitrogen and oxygen atoms in total. The molecule has 1 aromatic rings. The van der Waals surface area contributed by atoms with Crippen LogP contribution < -0.4 is 11.2 Å². The third-order valence-electron chi connectivity index (χ3n) is 3.29. The first-order chi connectivity index (χ1) is 10.2. The van der Waals surface area contributed by atoms with Crippen LogP contribution in [0.5, 0.6) is 0 Å². The van der Waals surface area contributed by atoms with Gasteiger partial charge in [0.2, 0.25) is 0 Å². The molecule has 3 N–H and O–H groups in total. The summed E-state index contributed by atoms with van der Waals surface area (Å²) in [7, 11) is -4.15. The summed E-state index contributed by atoms with van der Waals surface area (Å²) in [5.74, 6) is 0. The van der Waals surface area contributed by atoms with Gasteiger partial charge in [0.15, 0.2) is 6.29 Å². The number of hydrogen-bond donors (Lipinski definition) is 3. The fraction of sp³-hybridized carbons (Fsp3) is 0.667. The Bertz CT molecular complexity index is 691. The van der Waals surface area contributed by atoms with E-state index >= 15 is 0 Å². The maximum Gasteiger partial charge on any atom is 0.330 e. The topological polar surface area (TPSA) is 131 Å². The number of nitrogens with one attached hydrogen (secondary N) is 1. The van der Waals surface area contributed by atoms with Gasteiger partial charge in [-0.2, -0.15) is 0 Å². The molecule has 2 rings (SSSR count). The van der Waals surface area contributed by atoms with E-state index in [9.17, 15) is 14.2 Å². The van der Waals surface area contributed by atoms with Crippen molar-refractivity contribution in [2.24, 2.45) is 0 Å². The highest BCUT2D eigenvalue weighted by Gasteiger charge is 2.30. The number of rotatable bonds is 5. The van der Waals surface area contributed by atoms with Gasteiger partial charge in [0.25, 0.3) is 5.56 Å². The monoisotopic (exact) mass is 334 g/mol. The molecule has 1 unspecified atom stereocenters. The molecule has 10 heteroatoms. The number of aryl methyl sites for hydroxylation is 1. The molecule has 0 radical (unpaired) electrons. The van der Waals surface area contributed by atoms with Gasteiger partial charge in [-0.25, -0.2) is 4.79 Å². The Balaban J connectivity index is 2.01. The lowest BCUT2D eigenvalue weighted by molar-refractivity contribution is -0.168. The largest absolute Gasteiger partial charge is 0.349 e. The molecule has 124 valence electrons. The Labute approximate surface area is 126 Å². The lowest BCUT2D eigenvalue weighted by atomic mass is 10.3. The van der Waals surface area contributed by atoms with E-state index in [4.69, 9.17) is 19.3 Å². The van der Waals surface area contributed by atoms with Crippen molar-refractivity contribution in [3.05, 3.63) is 32.6 Å². The number of hydrogen-bond acceptors (Lipinski definition) is 5. The van der Waals surface area contributed by atoms with Crippen LogP contribution in [0.25, 0.3) is 0 Å². The van der Waals surface area contributed by atoms with E-state index in [1.165, 1.54) is 10.8 Å². The molecule has 1 aliphatic rings. The van der Waals surface area contributed by atoms with Crippen LogP contribution in [-0.4, -0.2) is 37.9 Å². The first-order valence-electron chi connectivity index (χ1n) is 6.83. The molecule has 2 heterocycles. The van der Waals surface area contributed by atoms with Crippen molar-refractivity contribution in [1.29, 1.82) is 0 Å². The molecular formula is C12H19N2O7P. The SMILES string of the molecule is Cc1cn([C@H]2CC[C@H](OC(C)CP(=O)(O)O)O2)c(=O)[nH]c1=O. The van der Waals surface area contributed by atoms with E-state index in [1.54, 1.807) is 13.8 Å². The third kappa shape index (κ3) is 4.37. The fourth-order valence-corrected chi connectivity index (χ4v) is 3.09. The average Bonchev–Trinajstić information content (AvgIpc) is 2.79. The van der Waals surface area contributed by atoms with Crippen molar-refractivity contribution in [3.63, 3.8) is 0 Å². The summed E-state index contributed by atoms with van der Waals surface area (Å²) in [6, 6.07) is 0. The lowest BCUT2D eigenvalue weighted by Gasteiger charge is -2.20. The number of aromatic amines is 1. The molecule has 1 fully saturated rings. The van der Waals surface area contributed by atoms with Gasteiger partial charge in [0.1, 0.15) is 6.23 Å². The normalized spacial score (nSPS) is 23.6. The average molecular weight is 334 g/mol. The standard InChI is InChI=1S/C12H19N2O7P/c1-7-5-14(12(16)13-11(7)15)9-3-4-10(21-9)20-8(2)6-22(17,18)19/h5,8-10H,3-4,6H2,1-2H3,(H,13,15,16)(H2,17,18,19)/t8?,9-,10-/m1/s1. The highest BCUT2D eigenvalue weighted by atomic mass is 31.2. The van der Waals surface area contributed by atoms with Gasteiger partial charge in [-0.1, -0.05) is 0 Å². The first kappa shape index (κ1) is 17.1. The Morgan fingerprint density at radius 3 is 2.82 bits per heavy atom. The van der Waals surface area contributed by atoms with Crippen LogP contribution in [0.3, 0.4) is 0 Å². The zero-order chi connectivity index (χ0) is 16.5. The Morgan fingerprint density at radius 1 is 1.50 bits per heavy atom. The van der Waals surface area contributed by atoms with Gasteiger partial charge in [0.05, 0.1) is 12.3 Å². The van der Waals surface area contributed by atoms with Crippen LogP contribution in [0.15, 0.2) is 15.8 Å². The molecule has 0 aromatic carbocycles. The summed E-state index contributed by atoms with van der Waals surface area (Å²) in [6.45, 7) is 3.13. The molecule has 0 amide bonds. The second kappa shape index (κ2) is 6.47. The third-order valence-corrected chi connectivity index (χ3v) is 4.28. The minimum atomic E-state index is -4.15. The molecule has 1 aliphatic heterocycles. The fourth-order valence-electron chi connectivity index (χ4n) is 2.33. The van der Waals surface area contributed by atoms with E-state index in [2.05, 4.69) is 4.98 Å². The van der Waals surface area contributed by atoms with Crippen LogP contribution in [0.1, 0.15) is 31.6 Å². The number of H-pyrrole nitrogens is 1. The molecule has 0 saturated carbocycles. The van der Waals surface area contributed by atoms with Gasteiger partial charge < -0.3 is 19.3 Å². The highest BCUT2D eigenvalue weighted by Crippen LogP contribution is 2.37. The highest BCUT2D eigenvalue weighted by molar-refractivity contribution is 7.51. The number of nitrogens with zero attached hydrogens (tertiary/aromatic N) is 1. The van der Waals surface area contributed by atoms with Gasteiger partial charge in [-0.05, 0) is 20.3 Å². The minimum absolute atomic E-state index is 0.391. The Hall–Kier alpha value is -1.25. The Kier molecular flexibility index (Phi) is 5.03. The van der Waals surface area contributed by atoms with Crippen LogP contribution in [0, 0.1) is 6.92 Å². The summed E-state index contributed by atoms with van der Waals surface area (Å²) in [6.07, 6.45) is 0.127. The number of ether oxygens (including phenoxy) is 2. The quantitative estimate of drug-likeness (QED) is 0.649. The van der Waals surface area contributed by atoms with Gasteiger partial charge in [-0.3, -0.25) is 18.9 Å². The van der Waals surface area contributed by atoms with Crippen LogP contribution in [0.4, 0.5) is 0 Å². The first-order valence-corrected chi connectivity index (χ1v) is 8.63. The molecule has 0 aliphatic carbocycles. The molecule has 0 bridgehead atoms. The molecule has 1 aromatic heterocycles. The maximum atomic E-state index is 11.8. The predicted octanol–water partition coefficient (Wildman–Crippen LogP) is 0.0629. The molecule has 0 spiro atoms. The number of aromatic nitrogens is 2. The van der Waals surface area contributed by atoms with Crippen molar-refractivity contribution < 1.29 is 23.8 Å². The summed E-state index contributed by atoms with van der Waals surface area (Å²) < 4.78 is 23.2. The lowest BCUT2D eigenvalue weighted by Crippen LogP contribution is -2.33. The molecule has 1 saturated heterocycles. The van der Waals surface area contributed by atoms with E-state index in [0.29, 0.717) is 18.4 Å². The molecule has 22 heavy (non-hydrogen) atoms. The summed E-state index contributed by atoms with van der Waals surface area (Å²) >= 11 is 0. The minimum Gasteiger partial charge on any atom is -0.349 e. The van der Waals surface area contributed by atoms with Gasteiger partial charge in [-0.15, -0.1) is 0 Å². The second-order valence-corrected chi connectivity index (χ2v) is 7.06. The summed E-state index contributed by atoms with van der Waals surface area (Å²) in [5.41, 5.74) is -0.616.